The van der Waals surface area contributed by atoms with E-state index in [1.807, 2.05) is 0 Å². The van der Waals surface area contributed by atoms with Crippen molar-refractivity contribution in [1.29, 1.82) is 0 Å². The molecule has 5 heteroatoms. The van der Waals surface area contributed by atoms with Crippen LogP contribution in [0.1, 0.15) is 18.6 Å². The molecule has 0 fully saturated rings. The Balaban J connectivity index is 3.13. The molecule has 0 saturated heterocycles. The fraction of sp³-hybridized carbons (Fsp3) is 0.250. The fourth-order valence-corrected chi connectivity index (χ4v) is 0.931. The Labute approximate surface area is 73.8 Å². The first-order chi connectivity index (χ1) is 6.02. The lowest BCUT2D eigenvalue weighted by molar-refractivity contribution is -0.387. The molecule has 0 radical (unpaired) electrons. The average Bonchev–Trinajstić information content (AvgIpc) is 2.03. The van der Waals surface area contributed by atoms with Crippen molar-refractivity contribution in [2.24, 2.45) is 0 Å². The summed E-state index contributed by atoms with van der Waals surface area (Å²) in [6.07, 6.45) is -0.824. The van der Waals surface area contributed by atoms with Gasteiger partial charge < -0.3 is 5.11 Å². The van der Waals surface area contributed by atoms with Crippen LogP contribution in [0.2, 0.25) is 0 Å². The minimum absolute atomic E-state index is 0.322. The highest BCUT2D eigenvalue weighted by atomic mass is 19.1. The average molecular weight is 185 g/mol. The van der Waals surface area contributed by atoms with Gasteiger partial charge in [0.15, 0.2) is 0 Å². The summed E-state index contributed by atoms with van der Waals surface area (Å²) in [5, 5.41) is 19.2. The maximum absolute atomic E-state index is 12.9. The van der Waals surface area contributed by atoms with E-state index < -0.39 is 22.5 Å². The van der Waals surface area contributed by atoms with Gasteiger partial charge in [0.25, 0.3) is 0 Å². The normalized spacial score (nSPS) is 12.5. The molecule has 70 valence electrons. The predicted octanol–water partition coefficient (Wildman–Crippen LogP) is 1.79. The van der Waals surface area contributed by atoms with Crippen LogP contribution in [0.15, 0.2) is 18.2 Å². The summed E-state index contributed by atoms with van der Waals surface area (Å²) in [4.78, 5) is 9.40. The van der Waals surface area contributed by atoms with E-state index in [4.69, 9.17) is 5.11 Å². The molecule has 1 atom stereocenters. The zero-order chi connectivity index (χ0) is 10.0. The van der Waals surface area contributed by atoms with Gasteiger partial charge in [-0.3, -0.25) is 10.1 Å². The van der Waals surface area contributed by atoms with Gasteiger partial charge in [0, 0.05) is 6.07 Å². The highest BCUT2D eigenvalue weighted by molar-refractivity contribution is 5.35. The highest BCUT2D eigenvalue weighted by Crippen LogP contribution is 2.21. The van der Waals surface area contributed by atoms with Gasteiger partial charge in [-0.1, -0.05) is 0 Å². The number of nitro benzene ring substituents is 1. The van der Waals surface area contributed by atoms with Gasteiger partial charge in [-0.25, -0.2) is 0 Å². The molecule has 0 aliphatic rings. The van der Waals surface area contributed by atoms with Gasteiger partial charge in [-0.15, -0.1) is 0 Å². The summed E-state index contributed by atoms with van der Waals surface area (Å²) >= 11 is 0. The zero-order valence-electron chi connectivity index (χ0n) is 6.90. The monoisotopic (exact) mass is 185 g/mol. The Hall–Kier alpha value is -1.49. The Morgan fingerprint density at radius 2 is 2.23 bits per heavy atom. The van der Waals surface area contributed by atoms with Gasteiger partial charge >= 0.3 is 5.69 Å². The molecule has 1 aromatic carbocycles. The third kappa shape index (κ3) is 2.00. The van der Waals surface area contributed by atoms with Crippen LogP contribution in [0.25, 0.3) is 0 Å². The number of aliphatic hydroxyl groups is 1. The van der Waals surface area contributed by atoms with Crippen molar-refractivity contribution in [1.82, 2.24) is 0 Å². The molecule has 0 amide bonds. The smallest absolute Gasteiger partial charge is 0.304 e. The van der Waals surface area contributed by atoms with Crippen LogP contribution in [0.3, 0.4) is 0 Å². The van der Waals surface area contributed by atoms with E-state index in [0.717, 1.165) is 12.1 Å². The lowest BCUT2D eigenvalue weighted by Gasteiger charge is -2.03. The van der Waals surface area contributed by atoms with E-state index in [1.54, 1.807) is 0 Å². The number of nitro groups is 1. The summed E-state index contributed by atoms with van der Waals surface area (Å²) in [6.45, 7) is 1.46. The maximum atomic E-state index is 12.9. The van der Waals surface area contributed by atoms with E-state index in [9.17, 15) is 14.5 Å². The second-order valence-electron chi connectivity index (χ2n) is 2.64. The van der Waals surface area contributed by atoms with Crippen molar-refractivity contribution in [3.05, 3.63) is 39.7 Å². The maximum Gasteiger partial charge on any atom is 0.304 e. The predicted molar refractivity (Wildman–Crippen MR) is 43.7 cm³/mol. The van der Waals surface area contributed by atoms with Crippen LogP contribution >= 0.6 is 0 Å². The van der Waals surface area contributed by atoms with E-state index in [-0.39, 0.29) is 0 Å². The molecule has 1 rings (SSSR count). The number of nitrogens with zero attached hydrogens (tertiary/aromatic N) is 1. The van der Waals surface area contributed by atoms with Crippen LogP contribution in [-0.4, -0.2) is 10.0 Å². The third-order valence-corrected chi connectivity index (χ3v) is 1.65. The van der Waals surface area contributed by atoms with Crippen molar-refractivity contribution < 1.29 is 14.4 Å². The van der Waals surface area contributed by atoms with E-state index >= 15 is 0 Å². The summed E-state index contributed by atoms with van der Waals surface area (Å²) in [6, 6.07) is 3.33. The van der Waals surface area contributed by atoms with Crippen LogP contribution in [0.5, 0.6) is 0 Å². The molecule has 0 spiro atoms. The molecule has 0 saturated carbocycles. The highest BCUT2D eigenvalue weighted by Gasteiger charge is 2.14. The van der Waals surface area contributed by atoms with Crippen LogP contribution in [0.4, 0.5) is 10.1 Å². The van der Waals surface area contributed by atoms with Gasteiger partial charge in [0.2, 0.25) is 5.82 Å². The van der Waals surface area contributed by atoms with Gasteiger partial charge in [-0.05, 0) is 24.6 Å². The number of benzene rings is 1. The Kier molecular flexibility index (Phi) is 2.57. The first-order valence-electron chi connectivity index (χ1n) is 3.64. The summed E-state index contributed by atoms with van der Waals surface area (Å²) in [5.74, 6) is -0.927. The van der Waals surface area contributed by atoms with Crippen molar-refractivity contribution in [3.63, 3.8) is 0 Å². The van der Waals surface area contributed by atoms with Crippen LogP contribution in [-0.2, 0) is 0 Å². The number of rotatable bonds is 2. The first-order valence-corrected chi connectivity index (χ1v) is 3.64. The minimum atomic E-state index is -0.927. The molecule has 0 aliphatic carbocycles. The number of hydrogen-bond acceptors (Lipinski definition) is 3. The van der Waals surface area contributed by atoms with Crippen LogP contribution < -0.4 is 0 Å². The summed E-state index contributed by atoms with van der Waals surface area (Å²) < 4.78 is 12.9. The largest absolute Gasteiger partial charge is 0.389 e. The van der Waals surface area contributed by atoms with E-state index in [0.29, 0.717) is 5.56 Å². The number of hydrogen-bond donors (Lipinski definition) is 1. The molecule has 0 heterocycles. The number of halogens is 1. The van der Waals surface area contributed by atoms with Crippen LogP contribution in [0, 0.1) is 15.9 Å². The zero-order valence-corrected chi connectivity index (χ0v) is 6.90. The molecule has 1 unspecified atom stereocenters. The quantitative estimate of drug-likeness (QED) is 0.564. The molecule has 0 aromatic heterocycles. The number of aliphatic hydroxyl groups excluding tert-OH is 1. The topological polar surface area (TPSA) is 63.4 Å². The Morgan fingerprint density at radius 3 is 2.62 bits per heavy atom. The Morgan fingerprint density at radius 1 is 1.62 bits per heavy atom. The molecule has 1 aromatic rings. The first kappa shape index (κ1) is 9.60. The second-order valence-corrected chi connectivity index (χ2v) is 2.64. The van der Waals surface area contributed by atoms with Gasteiger partial charge in [0.05, 0.1) is 11.0 Å². The SMILES string of the molecule is CC(O)c1ccc([N+](=O)[O-])c(F)c1. The van der Waals surface area contributed by atoms with Crippen molar-refractivity contribution in [2.45, 2.75) is 13.0 Å². The van der Waals surface area contributed by atoms with Crippen molar-refractivity contribution in [2.75, 3.05) is 0 Å². The standard InChI is InChI=1S/C8H8FNO3/c1-5(11)6-2-3-8(10(12)13)7(9)4-6/h2-5,11H,1H3. The van der Waals surface area contributed by atoms with Gasteiger partial charge in [0.1, 0.15) is 0 Å². The molecule has 0 aliphatic heterocycles. The Bertz CT molecular complexity index is 338. The lowest BCUT2D eigenvalue weighted by atomic mass is 10.1. The molecule has 4 nitrogen and oxygen atoms in total. The summed E-state index contributed by atoms with van der Waals surface area (Å²) in [5.41, 5.74) is -0.257. The molecular formula is C8H8FNO3. The van der Waals surface area contributed by atoms with E-state index in [1.165, 1.54) is 13.0 Å². The minimum Gasteiger partial charge on any atom is -0.389 e. The second kappa shape index (κ2) is 3.49. The fourth-order valence-electron chi connectivity index (χ4n) is 0.931. The molecule has 1 N–H and O–H groups in total. The van der Waals surface area contributed by atoms with E-state index in [2.05, 4.69) is 0 Å². The van der Waals surface area contributed by atoms with Gasteiger partial charge in [-0.2, -0.15) is 4.39 Å². The summed E-state index contributed by atoms with van der Waals surface area (Å²) in [7, 11) is 0. The van der Waals surface area contributed by atoms with Crippen molar-refractivity contribution in [3.8, 4) is 0 Å². The third-order valence-electron chi connectivity index (χ3n) is 1.65. The molecule has 13 heavy (non-hydrogen) atoms. The molecular weight excluding hydrogens is 177 g/mol. The van der Waals surface area contributed by atoms with Crippen molar-refractivity contribution >= 4 is 5.69 Å². The molecule has 0 bridgehead atoms. The lowest BCUT2D eigenvalue weighted by Crippen LogP contribution is -1.96.